The molecule has 18 heavy (non-hydrogen) atoms. The van der Waals surface area contributed by atoms with Crippen LogP contribution >= 0.6 is 0 Å². The number of carbonyl (C=O) groups is 1. The molecule has 2 aromatic rings. The third-order valence-electron chi connectivity index (χ3n) is 2.07. The maximum Gasteiger partial charge on any atom is 0.221 e. The second-order valence-electron chi connectivity index (χ2n) is 3.68. The zero-order valence-corrected chi connectivity index (χ0v) is 10.3. The zero-order chi connectivity index (χ0) is 13.4. The van der Waals surface area contributed by atoms with Crippen LogP contribution in [0.1, 0.15) is 6.92 Å². The normalized spacial score (nSPS) is 8.94. The SMILES string of the molecule is CC(=O)Nc1ccccc1N.Nc1ccccc1. The van der Waals surface area contributed by atoms with Crippen molar-refractivity contribution in [2.45, 2.75) is 6.92 Å². The van der Waals surface area contributed by atoms with E-state index in [9.17, 15) is 4.79 Å². The molecule has 0 aliphatic rings. The van der Waals surface area contributed by atoms with Crippen LogP contribution in [0.15, 0.2) is 54.6 Å². The van der Waals surface area contributed by atoms with Crippen molar-refractivity contribution in [3.05, 3.63) is 54.6 Å². The Bertz CT molecular complexity index is 497. The summed E-state index contributed by atoms with van der Waals surface area (Å²) in [6.45, 7) is 1.45. The minimum Gasteiger partial charge on any atom is -0.399 e. The Morgan fingerprint density at radius 3 is 1.94 bits per heavy atom. The Balaban J connectivity index is 0.000000199. The van der Waals surface area contributed by atoms with Gasteiger partial charge in [0.1, 0.15) is 0 Å². The van der Waals surface area contributed by atoms with Crippen LogP contribution in [0.3, 0.4) is 0 Å². The first kappa shape index (κ1) is 13.6. The van der Waals surface area contributed by atoms with Crippen molar-refractivity contribution in [2.24, 2.45) is 0 Å². The predicted molar refractivity (Wildman–Crippen MR) is 76.0 cm³/mol. The number of hydrogen-bond donors (Lipinski definition) is 3. The number of rotatable bonds is 1. The average Bonchev–Trinajstić information content (AvgIpc) is 2.33. The van der Waals surface area contributed by atoms with Gasteiger partial charge in [0.15, 0.2) is 0 Å². The van der Waals surface area contributed by atoms with Crippen LogP contribution < -0.4 is 16.8 Å². The fourth-order valence-electron chi connectivity index (χ4n) is 1.25. The van der Waals surface area contributed by atoms with E-state index in [2.05, 4.69) is 5.32 Å². The molecule has 2 aromatic carbocycles. The minimum atomic E-state index is -0.108. The van der Waals surface area contributed by atoms with Gasteiger partial charge in [-0.05, 0) is 24.3 Å². The van der Waals surface area contributed by atoms with Gasteiger partial charge < -0.3 is 16.8 Å². The van der Waals surface area contributed by atoms with Gasteiger partial charge >= 0.3 is 0 Å². The minimum absolute atomic E-state index is 0.108. The summed E-state index contributed by atoms with van der Waals surface area (Å²) < 4.78 is 0. The van der Waals surface area contributed by atoms with E-state index < -0.39 is 0 Å². The third kappa shape index (κ3) is 5.03. The van der Waals surface area contributed by atoms with E-state index >= 15 is 0 Å². The molecule has 0 heterocycles. The summed E-state index contributed by atoms with van der Waals surface area (Å²) in [5, 5.41) is 2.61. The monoisotopic (exact) mass is 243 g/mol. The molecule has 5 N–H and O–H groups in total. The largest absolute Gasteiger partial charge is 0.399 e. The summed E-state index contributed by atoms with van der Waals surface area (Å²) in [6.07, 6.45) is 0. The lowest BCUT2D eigenvalue weighted by Crippen LogP contribution is -2.07. The molecule has 0 radical (unpaired) electrons. The molecule has 4 heteroatoms. The van der Waals surface area contributed by atoms with Crippen LogP contribution in [0, 0.1) is 0 Å². The Morgan fingerprint density at radius 2 is 1.50 bits per heavy atom. The summed E-state index contributed by atoms with van der Waals surface area (Å²) in [5.74, 6) is -0.108. The topological polar surface area (TPSA) is 81.1 Å². The molecular weight excluding hydrogens is 226 g/mol. The molecule has 0 aromatic heterocycles. The molecule has 2 rings (SSSR count). The quantitative estimate of drug-likeness (QED) is 0.673. The van der Waals surface area contributed by atoms with Gasteiger partial charge in [-0.1, -0.05) is 30.3 Å². The highest BCUT2D eigenvalue weighted by Crippen LogP contribution is 2.15. The van der Waals surface area contributed by atoms with Gasteiger partial charge in [0.05, 0.1) is 11.4 Å². The number of nitrogen functional groups attached to an aromatic ring is 2. The average molecular weight is 243 g/mol. The summed E-state index contributed by atoms with van der Waals surface area (Å²) >= 11 is 0. The first-order chi connectivity index (χ1) is 8.59. The van der Waals surface area contributed by atoms with Crippen molar-refractivity contribution in [2.75, 3.05) is 16.8 Å². The van der Waals surface area contributed by atoms with Crippen LogP contribution in [0.2, 0.25) is 0 Å². The van der Waals surface area contributed by atoms with E-state index in [1.165, 1.54) is 6.92 Å². The maximum atomic E-state index is 10.6. The summed E-state index contributed by atoms with van der Waals surface area (Å²) in [4.78, 5) is 10.6. The Hall–Kier alpha value is -2.49. The van der Waals surface area contributed by atoms with Gasteiger partial charge in [-0.2, -0.15) is 0 Å². The molecule has 0 fully saturated rings. The second kappa shape index (κ2) is 6.96. The van der Waals surface area contributed by atoms with Crippen molar-refractivity contribution in [3.63, 3.8) is 0 Å². The smallest absolute Gasteiger partial charge is 0.221 e. The third-order valence-corrected chi connectivity index (χ3v) is 2.07. The molecule has 1 amide bonds. The Kier molecular flexibility index (Phi) is 5.25. The van der Waals surface area contributed by atoms with Crippen molar-refractivity contribution >= 4 is 23.0 Å². The molecule has 0 atom stereocenters. The van der Waals surface area contributed by atoms with E-state index in [0.29, 0.717) is 11.4 Å². The number of benzene rings is 2. The van der Waals surface area contributed by atoms with Gasteiger partial charge in [0.25, 0.3) is 0 Å². The van der Waals surface area contributed by atoms with Gasteiger partial charge in [-0.3, -0.25) is 4.79 Å². The molecule has 0 spiro atoms. The number of hydrogen-bond acceptors (Lipinski definition) is 3. The van der Waals surface area contributed by atoms with Crippen molar-refractivity contribution in [3.8, 4) is 0 Å². The molecule has 0 saturated carbocycles. The Labute approximate surface area is 107 Å². The van der Waals surface area contributed by atoms with Crippen LogP contribution in [0.25, 0.3) is 0 Å². The van der Waals surface area contributed by atoms with E-state index in [-0.39, 0.29) is 5.91 Å². The van der Waals surface area contributed by atoms with Gasteiger partial charge in [-0.25, -0.2) is 0 Å². The molecule has 0 saturated heterocycles. The van der Waals surface area contributed by atoms with Crippen LogP contribution in [-0.4, -0.2) is 5.91 Å². The van der Waals surface area contributed by atoms with Crippen molar-refractivity contribution in [1.82, 2.24) is 0 Å². The van der Waals surface area contributed by atoms with E-state index in [4.69, 9.17) is 11.5 Å². The lowest BCUT2D eigenvalue weighted by Gasteiger charge is -2.03. The number of carbonyl (C=O) groups excluding carboxylic acids is 1. The van der Waals surface area contributed by atoms with Crippen LogP contribution in [0.5, 0.6) is 0 Å². The van der Waals surface area contributed by atoms with Crippen molar-refractivity contribution in [1.29, 1.82) is 0 Å². The lowest BCUT2D eigenvalue weighted by atomic mass is 10.3. The van der Waals surface area contributed by atoms with E-state index in [1.54, 1.807) is 12.1 Å². The highest BCUT2D eigenvalue weighted by Gasteiger charge is 1.97. The first-order valence-electron chi connectivity index (χ1n) is 5.52. The highest BCUT2D eigenvalue weighted by atomic mass is 16.1. The molecule has 0 aliphatic heterocycles. The molecule has 0 bridgehead atoms. The van der Waals surface area contributed by atoms with Gasteiger partial charge in [0, 0.05) is 12.6 Å². The summed E-state index contributed by atoms with van der Waals surface area (Å²) in [6, 6.07) is 16.6. The standard InChI is InChI=1S/C8H10N2O.C6H7N/c1-6(11)10-8-5-3-2-4-7(8)9;7-6-4-2-1-3-5-6/h2-5H,9H2,1H3,(H,10,11);1-5H,7H2. The van der Waals surface area contributed by atoms with Gasteiger partial charge in [-0.15, -0.1) is 0 Å². The number of amides is 1. The van der Waals surface area contributed by atoms with E-state index in [1.807, 2.05) is 42.5 Å². The van der Waals surface area contributed by atoms with Crippen LogP contribution in [-0.2, 0) is 4.79 Å². The molecule has 4 nitrogen and oxygen atoms in total. The van der Waals surface area contributed by atoms with Gasteiger partial charge in [0.2, 0.25) is 5.91 Å². The molecule has 0 aliphatic carbocycles. The molecule has 0 unspecified atom stereocenters. The Morgan fingerprint density at radius 1 is 0.944 bits per heavy atom. The number of nitrogens with one attached hydrogen (secondary N) is 1. The first-order valence-corrected chi connectivity index (χ1v) is 5.52. The maximum absolute atomic E-state index is 10.6. The number of anilines is 3. The molecular formula is C14H17N3O. The molecule has 94 valence electrons. The summed E-state index contributed by atoms with van der Waals surface area (Å²) in [5.41, 5.74) is 13.0. The number of nitrogens with two attached hydrogens (primary N) is 2. The van der Waals surface area contributed by atoms with Crippen molar-refractivity contribution < 1.29 is 4.79 Å². The van der Waals surface area contributed by atoms with E-state index in [0.717, 1.165) is 5.69 Å². The highest BCUT2D eigenvalue weighted by molar-refractivity contribution is 5.91. The van der Waals surface area contributed by atoms with Crippen LogP contribution in [0.4, 0.5) is 17.1 Å². The zero-order valence-electron chi connectivity index (χ0n) is 10.3. The fraction of sp³-hybridized carbons (Fsp3) is 0.0714. The second-order valence-corrected chi connectivity index (χ2v) is 3.68. The number of para-hydroxylation sites is 3. The fourth-order valence-corrected chi connectivity index (χ4v) is 1.25. The predicted octanol–water partition coefficient (Wildman–Crippen LogP) is 2.50. The lowest BCUT2D eigenvalue weighted by molar-refractivity contribution is -0.114. The summed E-state index contributed by atoms with van der Waals surface area (Å²) in [7, 11) is 0.